The molecular formula is C19H25N5O. The summed E-state index contributed by atoms with van der Waals surface area (Å²) in [5, 5.41) is 4.56. The maximum atomic E-state index is 5.63. The Labute approximate surface area is 148 Å². The number of likely N-dealkylation sites (tertiary alicyclic amines) is 1. The molecule has 3 heterocycles. The lowest BCUT2D eigenvalue weighted by atomic mass is 10.1. The first kappa shape index (κ1) is 16.1. The zero-order chi connectivity index (χ0) is 17.6. The van der Waals surface area contributed by atoms with Crippen LogP contribution in [-0.4, -0.2) is 37.9 Å². The lowest BCUT2D eigenvalue weighted by Gasteiger charge is -2.24. The number of ether oxygens (including phenoxy) is 1. The minimum atomic E-state index is 0.337. The molecule has 0 bridgehead atoms. The van der Waals surface area contributed by atoms with Crippen molar-refractivity contribution < 1.29 is 4.74 Å². The molecule has 1 atom stereocenters. The zero-order valence-electron chi connectivity index (χ0n) is 15.4. The van der Waals surface area contributed by atoms with Crippen molar-refractivity contribution in [2.45, 2.75) is 32.4 Å². The SMILES string of the molecule is COc1c(C2CCCN2Cc2nc3ccccc3n2C)c(C)nn1C. The Balaban J connectivity index is 1.67. The minimum Gasteiger partial charge on any atom is -0.481 e. The number of rotatable bonds is 4. The molecule has 0 saturated carbocycles. The summed E-state index contributed by atoms with van der Waals surface area (Å²) in [6.07, 6.45) is 2.32. The first-order valence-electron chi connectivity index (χ1n) is 8.82. The van der Waals surface area contributed by atoms with E-state index < -0.39 is 0 Å². The van der Waals surface area contributed by atoms with E-state index in [0.717, 1.165) is 42.4 Å². The Bertz CT molecular complexity index is 910. The van der Waals surface area contributed by atoms with Gasteiger partial charge in [0.05, 0.1) is 35.9 Å². The average molecular weight is 339 g/mol. The summed E-state index contributed by atoms with van der Waals surface area (Å²) in [6.45, 7) is 3.99. The highest BCUT2D eigenvalue weighted by Crippen LogP contribution is 2.39. The fraction of sp³-hybridized carbons (Fsp3) is 0.474. The van der Waals surface area contributed by atoms with Gasteiger partial charge in [0.2, 0.25) is 5.88 Å². The van der Waals surface area contributed by atoms with E-state index in [0.29, 0.717) is 6.04 Å². The molecule has 25 heavy (non-hydrogen) atoms. The monoisotopic (exact) mass is 339 g/mol. The first-order valence-corrected chi connectivity index (χ1v) is 8.82. The molecule has 1 aliphatic rings. The first-order chi connectivity index (χ1) is 12.1. The topological polar surface area (TPSA) is 48.1 Å². The Morgan fingerprint density at radius 1 is 1.24 bits per heavy atom. The number of para-hydroxylation sites is 2. The third-order valence-corrected chi connectivity index (χ3v) is 5.33. The summed E-state index contributed by atoms with van der Waals surface area (Å²) >= 11 is 0. The average Bonchev–Trinajstić information content (AvgIpc) is 3.25. The summed E-state index contributed by atoms with van der Waals surface area (Å²) in [5.74, 6) is 1.98. The molecule has 1 aromatic carbocycles. The molecule has 0 N–H and O–H groups in total. The van der Waals surface area contributed by atoms with Crippen molar-refractivity contribution in [2.24, 2.45) is 14.1 Å². The van der Waals surface area contributed by atoms with Crippen LogP contribution in [0, 0.1) is 6.92 Å². The van der Waals surface area contributed by atoms with E-state index in [2.05, 4.69) is 46.7 Å². The van der Waals surface area contributed by atoms with Crippen LogP contribution in [0.4, 0.5) is 0 Å². The van der Waals surface area contributed by atoms with Gasteiger partial charge in [-0.15, -0.1) is 0 Å². The number of hydrogen-bond acceptors (Lipinski definition) is 4. The van der Waals surface area contributed by atoms with Crippen molar-refractivity contribution in [3.05, 3.63) is 41.3 Å². The van der Waals surface area contributed by atoms with Crippen molar-refractivity contribution >= 4 is 11.0 Å². The van der Waals surface area contributed by atoms with Crippen LogP contribution in [0.2, 0.25) is 0 Å². The van der Waals surface area contributed by atoms with Crippen LogP contribution in [0.25, 0.3) is 11.0 Å². The minimum absolute atomic E-state index is 0.337. The van der Waals surface area contributed by atoms with E-state index in [-0.39, 0.29) is 0 Å². The third-order valence-electron chi connectivity index (χ3n) is 5.33. The smallest absolute Gasteiger partial charge is 0.216 e. The summed E-state index contributed by atoms with van der Waals surface area (Å²) in [7, 11) is 5.77. The molecule has 1 fully saturated rings. The second-order valence-electron chi connectivity index (χ2n) is 6.84. The molecular weight excluding hydrogens is 314 g/mol. The van der Waals surface area contributed by atoms with E-state index in [4.69, 9.17) is 9.72 Å². The lowest BCUT2D eigenvalue weighted by molar-refractivity contribution is 0.233. The van der Waals surface area contributed by atoms with Gasteiger partial charge in [-0.3, -0.25) is 4.90 Å². The van der Waals surface area contributed by atoms with E-state index in [9.17, 15) is 0 Å². The van der Waals surface area contributed by atoms with Crippen molar-refractivity contribution in [2.75, 3.05) is 13.7 Å². The highest BCUT2D eigenvalue weighted by molar-refractivity contribution is 5.75. The van der Waals surface area contributed by atoms with Crippen LogP contribution in [0.3, 0.4) is 0 Å². The summed E-state index contributed by atoms with van der Waals surface area (Å²) in [6, 6.07) is 8.65. The fourth-order valence-corrected chi connectivity index (χ4v) is 4.14. The molecule has 2 aromatic heterocycles. The van der Waals surface area contributed by atoms with Crippen LogP contribution in [0.5, 0.6) is 5.88 Å². The summed E-state index contributed by atoms with van der Waals surface area (Å²) in [5.41, 5.74) is 4.52. The maximum absolute atomic E-state index is 5.63. The molecule has 4 rings (SSSR count). The van der Waals surface area contributed by atoms with Gasteiger partial charge in [-0.2, -0.15) is 5.10 Å². The lowest BCUT2D eigenvalue weighted by Crippen LogP contribution is -2.25. The molecule has 1 unspecified atom stereocenters. The molecule has 0 spiro atoms. The number of aryl methyl sites for hydroxylation is 3. The van der Waals surface area contributed by atoms with E-state index in [1.807, 2.05) is 17.8 Å². The van der Waals surface area contributed by atoms with Gasteiger partial charge >= 0.3 is 0 Å². The molecule has 6 heteroatoms. The Morgan fingerprint density at radius 2 is 2.04 bits per heavy atom. The normalized spacial score (nSPS) is 18.3. The Morgan fingerprint density at radius 3 is 2.80 bits per heavy atom. The quantitative estimate of drug-likeness (QED) is 0.733. The van der Waals surface area contributed by atoms with Gasteiger partial charge < -0.3 is 9.30 Å². The summed E-state index contributed by atoms with van der Waals surface area (Å²) in [4.78, 5) is 7.35. The number of benzene rings is 1. The van der Waals surface area contributed by atoms with Gasteiger partial charge in [-0.1, -0.05) is 12.1 Å². The van der Waals surface area contributed by atoms with Gasteiger partial charge in [0.15, 0.2) is 0 Å². The molecule has 0 aliphatic carbocycles. The fourth-order valence-electron chi connectivity index (χ4n) is 4.14. The largest absolute Gasteiger partial charge is 0.481 e. The van der Waals surface area contributed by atoms with Crippen LogP contribution in [0.1, 0.15) is 36.0 Å². The second kappa shape index (κ2) is 6.19. The molecule has 0 amide bonds. The predicted molar refractivity (Wildman–Crippen MR) is 97.6 cm³/mol. The predicted octanol–water partition coefficient (Wildman–Crippen LogP) is 2.96. The van der Waals surface area contributed by atoms with Crippen molar-refractivity contribution in [1.29, 1.82) is 0 Å². The molecule has 1 saturated heterocycles. The molecule has 6 nitrogen and oxygen atoms in total. The highest BCUT2D eigenvalue weighted by Gasteiger charge is 2.32. The second-order valence-corrected chi connectivity index (χ2v) is 6.84. The van der Waals surface area contributed by atoms with Gasteiger partial charge in [0, 0.05) is 20.1 Å². The number of nitrogens with zero attached hydrogens (tertiary/aromatic N) is 5. The Hall–Kier alpha value is -2.34. The van der Waals surface area contributed by atoms with Crippen molar-refractivity contribution in [1.82, 2.24) is 24.2 Å². The zero-order valence-corrected chi connectivity index (χ0v) is 15.4. The highest BCUT2D eigenvalue weighted by atomic mass is 16.5. The number of aromatic nitrogens is 4. The molecule has 0 radical (unpaired) electrons. The molecule has 1 aliphatic heterocycles. The van der Waals surface area contributed by atoms with Gasteiger partial charge in [-0.25, -0.2) is 9.67 Å². The van der Waals surface area contributed by atoms with Gasteiger partial charge in [-0.05, 0) is 38.4 Å². The van der Waals surface area contributed by atoms with Crippen LogP contribution < -0.4 is 4.74 Å². The Kier molecular flexibility index (Phi) is 4.00. The molecule has 3 aromatic rings. The van der Waals surface area contributed by atoms with E-state index in [1.165, 1.54) is 17.5 Å². The van der Waals surface area contributed by atoms with E-state index >= 15 is 0 Å². The number of methoxy groups -OCH3 is 1. The van der Waals surface area contributed by atoms with Gasteiger partial charge in [0.1, 0.15) is 5.82 Å². The number of imidazole rings is 1. The van der Waals surface area contributed by atoms with Crippen molar-refractivity contribution in [3.63, 3.8) is 0 Å². The number of hydrogen-bond donors (Lipinski definition) is 0. The van der Waals surface area contributed by atoms with Crippen LogP contribution in [0.15, 0.2) is 24.3 Å². The standard InChI is InChI=1S/C19H25N5O/c1-13-18(19(25-4)23(3)21-13)16-10-7-11-24(16)12-17-20-14-8-5-6-9-15(14)22(17)2/h5-6,8-9,16H,7,10-12H2,1-4H3. The van der Waals surface area contributed by atoms with E-state index in [1.54, 1.807) is 7.11 Å². The van der Waals surface area contributed by atoms with Gasteiger partial charge in [0.25, 0.3) is 0 Å². The summed E-state index contributed by atoms with van der Waals surface area (Å²) < 4.78 is 9.68. The number of fused-ring (bicyclic) bond motifs is 1. The van der Waals surface area contributed by atoms with Crippen LogP contribution >= 0.6 is 0 Å². The van der Waals surface area contributed by atoms with Crippen molar-refractivity contribution in [3.8, 4) is 5.88 Å². The maximum Gasteiger partial charge on any atom is 0.216 e. The molecule has 132 valence electrons. The third kappa shape index (κ3) is 2.61. The van der Waals surface area contributed by atoms with Crippen LogP contribution in [-0.2, 0) is 20.6 Å².